The smallest absolute Gasteiger partial charge is 0.268 e. The lowest BCUT2D eigenvalue weighted by molar-refractivity contribution is 0.0928. The monoisotopic (exact) mass is 269 g/mol. The Kier molecular flexibility index (Phi) is 3.01. The Balaban J connectivity index is 1.81. The summed E-state index contributed by atoms with van der Waals surface area (Å²) >= 11 is 0. The van der Waals surface area contributed by atoms with Crippen LogP contribution in [0, 0.1) is 6.92 Å². The highest BCUT2D eigenvalue weighted by Gasteiger charge is 2.25. The molecule has 1 atom stereocenters. The Morgan fingerprint density at radius 3 is 2.85 bits per heavy atom. The van der Waals surface area contributed by atoms with Gasteiger partial charge in [0.1, 0.15) is 5.69 Å². The first kappa shape index (κ1) is 12.8. The van der Waals surface area contributed by atoms with Crippen molar-refractivity contribution in [3.8, 4) is 0 Å². The van der Waals surface area contributed by atoms with Crippen molar-refractivity contribution in [2.24, 2.45) is 7.05 Å². The van der Waals surface area contributed by atoms with Gasteiger partial charge in [0.2, 0.25) is 0 Å². The fraction of sp³-hybridized carbons (Fsp3) is 0.312. The molecule has 1 aromatic carbocycles. The number of carbonyl (C=O) groups excluding carboxylic acids is 1. The molecule has 4 nitrogen and oxygen atoms in total. The van der Waals surface area contributed by atoms with E-state index in [1.165, 1.54) is 11.1 Å². The predicted molar refractivity (Wildman–Crippen MR) is 79.5 cm³/mol. The zero-order chi connectivity index (χ0) is 14.3. The minimum atomic E-state index is -0.0183. The third-order valence-corrected chi connectivity index (χ3v) is 4.16. The minimum absolute atomic E-state index is 0.0183. The Labute approximate surface area is 118 Å². The molecule has 3 rings (SSSR count). The first-order valence-corrected chi connectivity index (χ1v) is 6.88. The van der Waals surface area contributed by atoms with Crippen LogP contribution >= 0.6 is 0 Å². The zero-order valence-electron chi connectivity index (χ0n) is 11.8. The molecule has 104 valence electrons. The van der Waals surface area contributed by atoms with Crippen LogP contribution < -0.4 is 11.1 Å². The second-order valence-corrected chi connectivity index (χ2v) is 5.44. The molecule has 4 heteroatoms. The molecule has 1 aromatic heterocycles. The SMILES string of the molecule is Cc1ccc(C(=O)NC2CCc3cc(N)ccc32)n1C. The van der Waals surface area contributed by atoms with Gasteiger partial charge in [-0.2, -0.15) is 0 Å². The predicted octanol–water partition coefficient (Wildman–Crippen LogP) is 2.33. The molecule has 3 N–H and O–H groups in total. The van der Waals surface area contributed by atoms with Gasteiger partial charge in [0.25, 0.3) is 5.91 Å². The van der Waals surface area contributed by atoms with E-state index in [9.17, 15) is 4.79 Å². The number of nitrogens with two attached hydrogens (primary N) is 1. The lowest BCUT2D eigenvalue weighted by Gasteiger charge is -2.15. The number of aromatic nitrogens is 1. The highest BCUT2D eigenvalue weighted by molar-refractivity contribution is 5.93. The van der Waals surface area contributed by atoms with Crippen molar-refractivity contribution in [1.82, 2.24) is 9.88 Å². The molecule has 0 saturated carbocycles. The van der Waals surface area contributed by atoms with Crippen molar-refractivity contribution in [2.75, 3.05) is 5.73 Å². The van der Waals surface area contributed by atoms with E-state index < -0.39 is 0 Å². The van der Waals surface area contributed by atoms with Gasteiger partial charge in [0.05, 0.1) is 6.04 Å². The van der Waals surface area contributed by atoms with Crippen LogP contribution in [0.1, 0.15) is 39.8 Å². The van der Waals surface area contributed by atoms with Crippen molar-refractivity contribution in [3.63, 3.8) is 0 Å². The number of rotatable bonds is 2. The summed E-state index contributed by atoms with van der Waals surface area (Å²) in [5, 5.41) is 3.12. The fourth-order valence-corrected chi connectivity index (χ4v) is 2.86. The van der Waals surface area contributed by atoms with Crippen LogP contribution in [0.25, 0.3) is 0 Å². The molecule has 2 aromatic rings. The van der Waals surface area contributed by atoms with Gasteiger partial charge in [-0.25, -0.2) is 0 Å². The van der Waals surface area contributed by atoms with Crippen LogP contribution in [0.3, 0.4) is 0 Å². The molecule has 0 saturated heterocycles. The topological polar surface area (TPSA) is 60.1 Å². The summed E-state index contributed by atoms with van der Waals surface area (Å²) in [6.45, 7) is 1.99. The van der Waals surface area contributed by atoms with Crippen LogP contribution in [0.15, 0.2) is 30.3 Å². The van der Waals surface area contributed by atoms with E-state index >= 15 is 0 Å². The molecule has 0 aliphatic heterocycles. The summed E-state index contributed by atoms with van der Waals surface area (Å²) < 4.78 is 1.91. The molecule has 1 unspecified atom stereocenters. The van der Waals surface area contributed by atoms with E-state index in [0.717, 1.165) is 24.2 Å². The van der Waals surface area contributed by atoms with Crippen molar-refractivity contribution >= 4 is 11.6 Å². The fourth-order valence-electron chi connectivity index (χ4n) is 2.86. The number of anilines is 1. The van der Waals surface area contributed by atoms with Gasteiger partial charge in [-0.1, -0.05) is 6.07 Å². The summed E-state index contributed by atoms with van der Waals surface area (Å²) in [7, 11) is 1.91. The summed E-state index contributed by atoms with van der Waals surface area (Å²) in [5.74, 6) is -0.0183. The highest BCUT2D eigenvalue weighted by Crippen LogP contribution is 2.32. The molecule has 1 aliphatic carbocycles. The number of nitrogens with one attached hydrogen (secondary N) is 1. The first-order chi connectivity index (χ1) is 9.56. The molecular formula is C16H19N3O. The molecule has 0 bridgehead atoms. The third kappa shape index (κ3) is 2.07. The van der Waals surface area contributed by atoms with Gasteiger partial charge >= 0.3 is 0 Å². The van der Waals surface area contributed by atoms with E-state index in [-0.39, 0.29) is 11.9 Å². The summed E-state index contributed by atoms with van der Waals surface area (Å²) in [4.78, 5) is 12.4. The summed E-state index contributed by atoms with van der Waals surface area (Å²) in [5.41, 5.74) is 10.8. The maximum Gasteiger partial charge on any atom is 0.268 e. The Bertz CT molecular complexity index is 672. The van der Waals surface area contributed by atoms with E-state index in [0.29, 0.717) is 5.69 Å². The molecular weight excluding hydrogens is 250 g/mol. The van der Waals surface area contributed by atoms with Gasteiger partial charge in [-0.05, 0) is 55.2 Å². The first-order valence-electron chi connectivity index (χ1n) is 6.88. The average Bonchev–Trinajstić information content (AvgIpc) is 2.95. The second-order valence-electron chi connectivity index (χ2n) is 5.44. The number of hydrogen-bond acceptors (Lipinski definition) is 2. The Morgan fingerprint density at radius 1 is 1.35 bits per heavy atom. The van der Waals surface area contributed by atoms with Crippen molar-refractivity contribution < 1.29 is 4.79 Å². The molecule has 0 radical (unpaired) electrons. The lowest BCUT2D eigenvalue weighted by atomic mass is 10.1. The van der Waals surface area contributed by atoms with Gasteiger partial charge in [0, 0.05) is 18.4 Å². The van der Waals surface area contributed by atoms with Gasteiger partial charge in [-0.3, -0.25) is 4.79 Å². The number of hydrogen-bond donors (Lipinski definition) is 2. The summed E-state index contributed by atoms with van der Waals surface area (Å²) in [6, 6.07) is 9.85. The second kappa shape index (κ2) is 4.71. The molecule has 1 amide bonds. The number of aryl methyl sites for hydroxylation is 2. The highest BCUT2D eigenvalue weighted by atomic mass is 16.2. The van der Waals surface area contributed by atoms with Gasteiger partial charge in [-0.15, -0.1) is 0 Å². The van der Waals surface area contributed by atoms with E-state index in [1.54, 1.807) is 0 Å². The normalized spacial score (nSPS) is 17.0. The number of benzene rings is 1. The van der Waals surface area contributed by atoms with Gasteiger partial charge < -0.3 is 15.6 Å². The van der Waals surface area contributed by atoms with Crippen LogP contribution in [0.2, 0.25) is 0 Å². The van der Waals surface area contributed by atoms with Crippen LogP contribution in [0.5, 0.6) is 0 Å². The Hall–Kier alpha value is -2.23. The average molecular weight is 269 g/mol. The lowest BCUT2D eigenvalue weighted by Crippen LogP contribution is -2.28. The number of fused-ring (bicyclic) bond motifs is 1. The zero-order valence-corrected chi connectivity index (χ0v) is 11.8. The molecule has 20 heavy (non-hydrogen) atoms. The molecule has 0 fully saturated rings. The minimum Gasteiger partial charge on any atom is -0.399 e. The van der Waals surface area contributed by atoms with Crippen LogP contribution in [-0.2, 0) is 13.5 Å². The molecule has 0 spiro atoms. The van der Waals surface area contributed by atoms with Gasteiger partial charge in [0.15, 0.2) is 0 Å². The Morgan fingerprint density at radius 2 is 2.15 bits per heavy atom. The molecule has 1 aliphatic rings. The van der Waals surface area contributed by atoms with Crippen molar-refractivity contribution in [1.29, 1.82) is 0 Å². The maximum absolute atomic E-state index is 12.4. The summed E-state index contributed by atoms with van der Waals surface area (Å²) in [6.07, 6.45) is 1.91. The van der Waals surface area contributed by atoms with Crippen LogP contribution in [0.4, 0.5) is 5.69 Å². The largest absolute Gasteiger partial charge is 0.399 e. The quantitative estimate of drug-likeness (QED) is 0.822. The van der Waals surface area contributed by atoms with Crippen LogP contribution in [-0.4, -0.2) is 10.5 Å². The van der Waals surface area contributed by atoms with E-state index in [4.69, 9.17) is 5.73 Å². The van der Waals surface area contributed by atoms with Crippen molar-refractivity contribution in [3.05, 3.63) is 52.8 Å². The maximum atomic E-state index is 12.4. The molecule has 1 heterocycles. The van der Waals surface area contributed by atoms with E-state index in [2.05, 4.69) is 5.32 Å². The number of nitrogen functional groups attached to an aromatic ring is 1. The third-order valence-electron chi connectivity index (χ3n) is 4.16. The van der Waals surface area contributed by atoms with E-state index in [1.807, 2.05) is 48.9 Å². The number of carbonyl (C=O) groups is 1. The number of nitrogens with zero attached hydrogens (tertiary/aromatic N) is 1. The number of amides is 1. The van der Waals surface area contributed by atoms with Crippen molar-refractivity contribution in [2.45, 2.75) is 25.8 Å². The standard InChI is InChI=1S/C16H19N3O/c1-10-3-8-15(19(10)2)16(20)18-14-7-4-11-9-12(17)5-6-13(11)14/h3,5-6,8-9,14H,4,7,17H2,1-2H3,(H,18,20).